The second kappa shape index (κ2) is 7.93. The minimum absolute atomic E-state index is 0.0773. The number of carboxylic acid groups (broad SMARTS) is 1. The molecule has 0 saturated heterocycles. The van der Waals surface area contributed by atoms with Crippen molar-refractivity contribution in [2.45, 2.75) is 32.2 Å². The Hall–Kier alpha value is -2.37. The lowest BCUT2D eigenvalue weighted by Gasteiger charge is -2.06. The Kier molecular flexibility index (Phi) is 6.22. The predicted octanol–water partition coefficient (Wildman–Crippen LogP) is 1.05. The molecular formula is C14H18N2O4. The number of aliphatic carboxylic acids is 1. The molecule has 6 heteroatoms. The summed E-state index contributed by atoms with van der Waals surface area (Å²) in [6.45, 7) is 0.318. The maximum Gasteiger partial charge on any atom is 0.303 e. The number of benzene rings is 1. The van der Waals surface area contributed by atoms with Gasteiger partial charge in [-0.25, -0.2) is 0 Å². The summed E-state index contributed by atoms with van der Waals surface area (Å²) in [6, 6.07) is 6.73. The van der Waals surface area contributed by atoms with E-state index in [4.69, 9.17) is 10.8 Å². The zero-order valence-electron chi connectivity index (χ0n) is 11.1. The average molecular weight is 278 g/mol. The molecule has 2 amide bonds. The summed E-state index contributed by atoms with van der Waals surface area (Å²) in [5.74, 6) is -1.50. The van der Waals surface area contributed by atoms with Crippen LogP contribution in [-0.2, 0) is 16.1 Å². The molecule has 0 aliphatic carbocycles. The first kappa shape index (κ1) is 15.7. The van der Waals surface area contributed by atoms with Gasteiger partial charge in [0.25, 0.3) is 0 Å². The summed E-state index contributed by atoms with van der Waals surface area (Å²) in [5, 5.41) is 11.2. The number of nitrogens with one attached hydrogen (secondary N) is 1. The van der Waals surface area contributed by atoms with Crippen LogP contribution in [0.2, 0.25) is 0 Å². The van der Waals surface area contributed by atoms with Gasteiger partial charge in [-0.05, 0) is 30.5 Å². The van der Waals surface area contributed by atoms with Crippen LogP contribution in [0.4, 0.5) is 0 Å². The highest BCUT2D eigenvalue weighted by Gasteiger charge is 2.04. The summed E-state index contributed by atoms with van der Waals surface area (Å²) in [4.78, 5) is 32.8. The van der Waals surface area contributed by atoms with Crippen LogP contribution in [0.15, 0.2) is 24.3 Å². The number of primary amides is 1. The molecule has 0 bridgehead atoms. The topological polar surface area (TPSA) is 109 Å². The summed E-state index contributed by atoms with van der Waals surface area (Å²) in [5.41, 5.74) is 6.36. The molecule has 1 rings (SSSR count). The van der Waals surface area contributed by atoms with Crippen molar-refractivity contribution < 1.29 is 19.5 Å². The molecule has 0 spiro atoms. The van der Waals surface area contributed by atoms with E-state index < -0.39 is 11.9 Å². The number of carbonyl (C=O) groups excluding carboxylic acids is 2. The van der Waals surface area contributed by atoms with Crippen LogP contribution in [0.3, 0.4) is 0 Å². The third kappa shape index (κ3) is 5.99. The zero-order chi connectivity index (χ0) is 15.0. The smallest absolute Gasteiger partial charge is 0.303 e. The average Bonchev–Trinajstić information content (AvgIpc) is 2.41. The van der Waals surface area contributed by atoms with Crippen molar-refractivity contribution in [3.63, 3.8) is 0 Å². The number of nitrogens with two attached hydrogens (primary N) is 1. The number of hydrogen-bond acceptors (Lipinski definition) is 3. The molecule has 108 valence electrons. The molecule has 0 atom stereocenters. The number of carboxylic acids is 1. The Morgan fingerprint density at radius 1 is 1.15 bits per heavy atom. The van der Waals surface area contributed by atoms with E-state index in [1.165, 1.54) is 0 Å². The maximum absolute atomic E-state index is 11.5. The van der Waals surface area contributed by atoms with Gasteiger partial charge in [-0.3, -0.25) is 14.4 Å². The fourth-order valence-electron chi connectivity index (χ4n) is 1.69. The molecule has 1 aromatic rings. The Morgan fingerprint density at radius 3 is 2.50 bits per heavy atom. The van der Waals surface area contributed by atoms with Crippen LogP contribution in [0.5, 0.6) is 0 Å². The van der Waals surface area contributed by atoms with E-state index in [0.717, 1.165) is 5.56 Å². The van der Waals surface area contributed by atoms with E-state index in [0.29, 0.717) is 31.4 Å². The Balaban J connectivity index is 2.32. The van der Waals surface area contributed by atoms with Gasteiger partial charge in [0, 0.05) is 24.9 Å². The molecule has 4 N–H and O–H groups in total. The van der Waals surface area contributed by atoms with E-state index in [9.17, 15) is 14.4 Å². The summed E-state index contributed by atoms with van der Waals surface area (Å²) >= 11 is 0. The molecule has 0 fully saturated rings. The highest BCUT2D eigenvalue weighted by Crippen LogP contribution is 2.05. The molecule has 0 aromatic heterocycles. The Bertz CT molecular complexity index is 500. The molecule has 0 aliphatic heterocycles. The minimum Gasteiger partial charge on any atom is -0.481 e. The summed E-state index contributed by atoms with van der Waals surface area (Å²) < 4.78 is 0. The molecule has 0 radical (unpaired) electrons. The highest BCUT2D eigenvalue weighted by atomic mass is 16.4. The normalized spacial score (nSPS) is 10.0. The maximum atomic E-state index is 11.5. The van der Waals surface area contributed by atoms with E-state index in [2.05, 4.69) is 5.32 Å². The molecule has 20 heavy (non-hydrogen) atoms. The van der Waals surface area contributed by atoms with Gasteiger partial charge in [-0.2, -0.15) is 0 Å². The van der Waals surface area contributed by atoms with Crippen molar-refractivity contribution in [1.29, 1.82) is 0 Å². The molecule has 0 saturated carbocycles. The molecule has 0 aliphatic rings. The van der Waals surface area contributed by atoms with Crippen LogP contribution >= 0.6 is 0 Å². The molecule has 1 aromatic carbocycles. The molecular weight excluding hydrogens is 260 g/mol. The first-order valence-corrected chi connectivity index (χ1v) is 6.36. The van der Waals surface area contributed by atoms with Gasteiger partial charge in [0.15, 0.2) is 0 Å². The number of unbranched alkanes of at least 4 members (excludes halogenated alkanes) is 1. The van der Waals surface area contributed by atoms with Crippen molar-refractivity contribution in [1.82, 2.24) is 5.32 Å². The van der Waals surface area contributed by atoms with E-state index in [-0.39, 0.29) is 12.3 Å². The van der Waals surface area contributed by atoms with Crippen molar-refractivity contribution in [3.8, 4) is 0 Å². The van der Waals surface area contributed by atoms with E-state index in [1.54, 1.807) is 24.3 Å². The van der Waals surface area contributed by atoms with Crippen LogP contribution in [0.1, 0.15) is 41.6 Å². The second-order valence-corrected chi connectivity index (χ2v) is 4.44. The van der Waals surface area contributed by atoms with Crippen molar-refractivity contribution in [2.75, 3.05) is 0 Å². The number of rotatable bonds is 8. The van der Waals surface area contributed by atoms with E-state index >= 15 is 0 Å². The van der Waals surface area contributed by atoms with Gasteiger partial charge >= 0.3 is 5.97 Å². The first-order chi connectivity index (χ1) is 9.49. The highest BCUT2D eigenvalue weighted by molar-refractivity contribution is 5.92. The van der Waals surface area contributed by atoms with Gasteiger partial charge in [-0.1, -0.05) is 12.1 Å². The third-order valence-corrected chi connectivity index (χ3v) is 2.75. The van der Waals surface area contributed by atoms with Gasteiger partial charge in [0.1, 0.15) is 0 Å². The zero-order valence-corrected chi connectivity index (χ0v) is 11.1. The second-order valence-electron chi connectivity index (χ2n) is 4.44. The van der Waals surface area contributed by atoms with Gasteiger partial charge in [-0.15, -0.1) is 0 Å². The number of amides is 2. The third-order valence-electron chi connectivity index (χ3n) is 2.75. The first-order valence-electron chi connectivity index (χ1n) is 6.36. The fraction of sp³-hybridized carbons (Fsp3) is 0.357. The Labute approximate surface area is 117 Å². The van der Waals surface area contributed by atoms with Gasteiger partial charge in [0.05, 0.1) is 0 Å². The van der Waals surface area contributed by atoms with Crippen molar-refractivity contribution >= 4 is 17.8 Å². The van der Waals surface area contributed by atoms with Crippen LogP contribution in [0, 0.1) is 0 Å². The minimum atomic E-state index is -0.853. The van der Waals surface area contributed by atoms with E-state index in [1.807, 2.05) is 0 Å². The predicted molar refractivity (Wildman–Crippen MR) is 72.9 cm³/mol. The van der Waals surface area contributed by atoms with Crippen molar-refractivity contribution in [2.24, 2.45) is 5.73 Å². The van der Waals surface area contributed by atoms with Crippen molar-refractivity contribution in [3.05, 3.63) is 35.4 Å². The lowest BCUT2D eigenvalue weighted by molar-refractivity contribution is -0.137. The standard InChI is InChI=1S/C14H18N2O4/c15-14(20)11-5-3-4-10(8-11)9-16-12(17)6-1-2-7-13(18)19/h3-5,8H,1-2,6-7,9H2,(H2,15,20)(H,16,17)(H,18,19). The van der Waals surface area contributed by atoms with Crippen LogP contribution < -0.4 is 11.1 Å². The van der Waals surface area contributed by atoms with Crippen LogP contribution in [0.25, 0.3) is 0 Å². The monoisotopic (exact) mass is 278 g/mol. The molecule has 0 unspecified atom stereocenters. The lowest BCUT2D eigenvalue weighted by Crippen LogP contribution is -2.22. The van der Waals surface area contributed by atoms with Crippen LogP contribution in [-0.4, -0.2) is 22.9 Å². The SMILES string of the molecule is NC(=O)c1cccc(CNC(=O)CCCCC(=O)O)c1. The van der Waals surface area contributed by atoms with Gasteiger partial charge in [0.2, 0.25) is 11.8 Å². The molecule has 0 heterocycles. The molecule has 6 nitrogen and oxygen atoms in total. The fourth-order valence-corrected chi connectivity index (χ4v) is 1.69. The summed E-state index contributed by atoms with van der Waals surface area (Å²) in [7, 11) is 0. The summed E-state index contributed by atoms with van der Waals surface area (Å²) in [6.07, 6.45) is 1.40. The lowest BCUT2D eigenvalue weighted by atomic mass is 10.1. The Morgan fingerprint density at radius 2 is 1.85 bits per heavy atom. The number of hydrogen-bond donors (Lipinski definition) is 3. The number of carbonyl (C=O) groups is 3. The van der Waals surface area contributed by atoms with Gasteiger partial charge < -0.3 is 16.2 Å². The quantitative estimate of drug-likeness (QED) is 0.617. The largest absolute Gasteiger partial charge is 0.481 e.